The van der Waals surface area contributed by atoms with Gasteiger partial charge in [0.25, 0.3) is 0 Å². The van der Waals surface area contributed by atoms with Gasteiger partial charge in [-0.05, 0) is 48.5 Å². The minimum absolute atomic E-state index is 0.0182. The SMILES string of the molecule is N#C/C(=C\c1c[nH]c2cc(F)ccc12)S(=O)(=O)c1ccc(N)cc1. The van der Waals surface area contributed by atoms with Crippen LogP contribution in [0.1, 0.15) is 5.56 Å². The Kier molecular flexibility index (Phi) is 3.83. The molecule has 7 heteroatoms. The maximum absolute atomic E-state index is 13.2. The predicted molar refractivity (Wildman–Crippen MR) is 89.9 cm³/mol. The van der Waals surface area contributed by atoms with Crippen LogP contribution in [0.5, 0.6) is 0 Å². The fourth-order valence-corrected chi connectivity index (χ4v) is 3.48. The molecule has 1 aromatic heterocycles. The maximum atomic E-state index is 13.2. The Morgan fingerprint density at radius 1 is 1.21 bits per heavy atom. The number of halogens is 1. The van der Waals surface area contributed by atoms with Gasteiger partial charge >= 0.3 is 0 Å². The van der Waals surface area contributed by atoms with Crippen LogP contribution >= 0.6 is 0 Å². The Morgan fingerprint density at radius 2 is 1.92 bits per heavy atom. The van der Waals surface area contributed by atoms with Crippen LogP contribution in [0.2, 0.25) is 0 Å². The molecule has 0 radical (unpaired) electrons. The zero-order valence-electron chi connectivity index (χ0n) is 12.3. The third-order valence-corrected chi connectivity index (χ3v) is 5.23. The van der Waals surface area contributed by atoms with Crippen molar-refractivity contribution in [1.29, 1.82) is 5.26 Å². The summed E-state index contributed by atoms with van der Waals surface area (Å²) in [7, 11) is -3.96. The Bertz CT molecular complexity index is 1090. The first kappa shape index (κ1) is 15.8. The molecule has 3 rings (SSSR count). The van der Waals surface area contributed by atoms with Crippen molar-refractivity contribution in [3.63, 3.8) is 0 Å². The van der Waals surface area contributed by atoms with E-state index >= 15 is 0 Å². The number of nitrogen functional groups attached to an aromatic ring is 1. The highest BCUT2D eigenvalue weighted by Gasteiger charge is 2.21. The average Bonchev–Trinajstić information content (AvgIpc) is 2.94. The number of fused-ring (bicyclic) bond motifs is 1. The maximum Gasteiger partial charge on any atom is 0.216 e. The minimum atomic E-state index is -3.96. The van der Waals surface area contributed by atoms with Gasteiger partial charge in [-0.15, -0.1) is 0 Å². The third kappa shape index (κ3) is 2.75. The highest BCUT2D eigenvalue weighted by atomic mass is 32.2. The topological polar surface area (TPSA) is 99.7 Å². The van der Waals surface area contributed by atoms with Crippen molar-refractivity contribution in [3.8, 4) is 6.07 Å². The molecule has 0 atom stereocenters. The molecule has 0 aliphatic rings. The number of nitrogens with two attached hydrogens (primary N) is 1. The van der Waals surface area contributed by atoms with Crippen LogP contribution in [-0.4, -0.2) is 13.4 Å². The Balaban J connectivity index is 2.12. The smallest absolute Gasteiger partial charge is 0.216 e. The molecule has 0 aliphatic heterocycles. The molecule has 24 heavy (non-hydrogen) atoms. The number of nitrogens with one attached hydrogen (secondary N) is 1. The van der Waals surface area contributed by atoms with E-state index in [4.69, 9.17) is 5.73 Å². The number of rotatable bonds is 3. The molecule has 0 amide bonds. The van der Waals surface area contributed by atoms with Crippen LogP contribution in [0.3, 0.4) is 0 Å². The second-order valence-corrected chi connectivity index (χ2v) is 7.04. The molecule has 120 valence electrons. The van der Waals surface area contributed by atoms with Gasteiger partial charge in [0.15, 0.2) is 0 Å². The summed E-state index contributed by atoms with van der Waals surface area (Å²) >= 11 is 0. The van der Waals surface area contributed by atoms with Crippen molar-refractivity contribution >= 4 is 32.5 Å². The number of aromatic amines is 1. The van der Waals surface area contributed by atoms with Crippen molar-refractivity contribution < 1.29 is 12.8 Å². The summed E-state index contributed by atoms with van der Waals surface area (Å²) in [6.07, 6.45) is 2.79. The number of benzene rings is 2. The van der Waals surface area contributed by atoms with Gasteiger partial charge in [0.1, 0.15) is 16.8 Å². The lowest BCUT2D eigenvalue weighted by molar-refractivity contribution is 0.603. The van der Waals surface area contributed by atoms with Crippen LogP contribution in [0.15, 0.2) is 58.5 Å². The summed E-state index contributed by atoms with van der Waals surface area (Å²) in [6.45, 7) is 0. The van der Waals surface area contributed by atoms with E-state index in [0.717, 1.165) is 0 Å². The second-order valence-electron chi connectivity index (χ2n) is 5.13. The molecule has 2 aromatic carbocycles. The van der Waals surface area contributed by atoms with Crippen LogP contribution in [0.4, 0.5) is 10.1 Å². The van der Waals surface area contributed by atoms with E-state index in [9.17, 15) is 18.1 Å². The number of H-pyrrole nitrogens is 1. The lowest BCUT2D eigenvalue weighted by Gasteiger charge is -2.03. The van der Waals surface area contributed by atoms with Crippen LogP contribution in [0.25, 0.3) is 17.0 Å². The first-order valence-electron chi connectivity index (χ1n) is 6.91. The molecule has 0 aliphatic carbocycles. The summed E-state index contributed by atoms with van der Waals surface area (Å²) in [6, 6.07) is 11.4. The fourth-order valence-electron chi connectivity index (χ4n) is 2.33. The number of nitrogens with zero attached hydrogens (tertiary/aromatic N) is 1. The highest BCUT2D eigenvalue weighted by molar-refractivity contribution is 7.95. The molecule has 0 spiro atoms. The molecule has 1 heterocycles. The van der Waals surface area contributed by atoms with Crippen molar-refractivity contribution in [3.05, 3.63) is 64.9 Å². The zero-order valence-corrected chi connectivity index (χ0v) is 13.1. The molecule has 5 nitrogen and oxygen atoms in total. The summed E-state index contributed by atoms with van der Waals surface area (Å²) in [5.41, 5.74) is 6.98. The predicted octanol–water partition coefficient (Wildman–Crippen LogP) is 3.23. The molecule has 0 fully saturated rings. The van der Waals surface area contributed by atoms with E-state index in [2.05, 4.69) is 4.98 Å². The van der Waals surface area contributed by atoms with Gasteiger partial charge in [0.2, 0.25) is 9.84 Å². The van der Waals surface area contributed by atoms with Gasteiger partial charge in [0.05, 0.1) is 4.90 Å². The number of allylic oxidation sites excluding steroid dienone is 1. The minimum Gasteiger partial charge on any atom is -0.399 e. The van der Waals surface area contributed by atoms with Crippen LogP contribution in [0, 0.1) is 17.1 Å². The highest BCUT2D eigenvalue weighted by Crippen LogP contribution is 2.26. The number of aromatic nitrogens is 1. The molecule has 0 bridgehead atoms. The van der Waals surface area contributed by atoms with Crippen molar-refractivity contribution in [2.75, 3.05) is 5.73 Å². The Labute approximate surface area is 137 Å². The largest absolute Gasteiger partial charge is 0.399 e. The molecule has 0 saturated carbocycles. The zero-order chi connectivity index (χ0) is 17.3. The molecule has 3 N–H and O–H groups in total. The molecular formula is C17H12FN3O2S. The van der Waals surface area contributed by atoms with Gasteiger partial charge in [-0.25, -0.2) is 12.8 Å². The molecular weight excluding hydrogens is 329 g/mol. The Hall–Kier alpha value is -3.11. The van der Waals surface area contributed by atoms with Crippen LogP contribution in [-0.2, 0) is 9.84 Å². The first-order chi connectivity index (χ1) is 11.4. The summed E-state index contributed by atoms with van der Waals surface area (Å²) in [4.78, 5) is 2.43. The average molecular weight is 341 g/mol. The van der Waals surface area contributed by atoms with Crippen molar-refractivity contribution in [2.45, 2.75) is 4.90 Å². The van der Waals surface area contributed by atoms with Gasteiger partial charge in [-0.3, -0.25) is 0 Å². The lowest BCUT2D eigenvalue weighted by atomic mass is 10.1. The quantitative estimate of drug-likeness (QED) is 0.564. The second kappa shape index (κ2) is 5.83. The summed E-state index contributed by atoms with van der Waals surface area (Å²) in [5.74, 6) is -0.408. The Morgan fingerprint density at radius 3 is 2.58 bits per heavy atom. The number of hydrogen-bond acceptors (Lipinski definition) is 4. The molecule has 0 unspecified atom stereocenters. The fraction of sp³-hybridized carbons (Fsp3) is 0. The number of sulfone groups is 1. The molecule has 0 saturated heterocycles. The number of nitriles is 1. The first-order valence-corrected chi connectivity index (χ1v) is 8.39. The van der Waals surface area contributed by atoms with E-state index in [0.29, 0.717) is 22.2 Å². The van der Waals surface area contributed by atoms with Gasteiger partial charge in [-0.2, -0.15) is 5.26 Å². The number of anilines is 1. The van der Waals surface area contributed by atoms with Gasteiger partial charge < -0.3 is 10.7 Å². The van der Waals surface area contributed by atoms with E-state index < -0.39 is 20.6 Å². The van der Waals surface area contributed by atoms with E-state index in [1.165, 1.54) is 54.7 Å². The standard InChI is InChI=1S/C17H12FN3O2S/c18-12-1-6-16-11(10-21-17(16)8-12)7-15(9-19)24(22,23)14-4-2-13(20)3-5-14/h1-8,10,21H,20H2/b15-7+. The normalized spacial score (nSPS) is 12.2. The van der Waals surface area contributed by atoms with E-state index in [1.54, 1.807) is 6.07 Å². The van der Waals surface area contributed by atoms with Crippen molar-refractivity contribution in [1.82, 2.24) is 4.98 Å². The van der Waals surface area contributed by atoms with E-state index in [-0.39, 0.29) is 4.90 Å². The summed E-state index contributed by atoms with van der Waals surface area (Å²) < 4.78 is 38.4. The van der Waals surface area contributed by atoms with E-state index in [1.807, 2.05) is 0 Å². The third-order valence-electron chi connectivity index (χ3n) is 3.55. The van der Waals surface area contributed by atoms with Crippen LogP contribution < -0.4 is 5.73 Å². The monoisotopic (exact) mass is 341 g/mol. The number of hydrogen-bond donors (Lipinski definition) is 2. The van der Waals surface area contributed by atoms with Gasteiger partial charge in [-0.1, -0.05) is 0 Å². The molecule has 3 aromatic rings. The van der Waals surface area contributed by atoms with Gasteiger partial charge in [0, 0.05) is 28.4 Å². The van der Waals surface area contributed by atoms with Crippen molar-refractivity contribution in [2.24, 2.45) is 0 Å². The summed E-state index contributed by atoms with van der Waals surface area (Å²) in [5, 5.41) is 9.92. The lowest BCUT2D eigenvalue weighted by Crippen LogP contribution is -2.03.